The molecular weight excluding hydrogens is 297 g/mol. The third-order valence-corrected chi connectivity index (χ3v) is 3.09. The molecule has 0 spiro atoms. The van der Waals surface area contributed by atoms with Crippen LogP contribution in [0, 0.1) is 5.82 Å². The summed E-state index contributed by atoms with van der Waals surface area (Å²) in [5.74, 6) is -0.227. The Kier molecular flexibility index (Phi) is 6.94. The number of carbonyl (C=O) groups excluding carboxylic acids is 1. The molecule has 0 radical (unpaired) electrons. The maximum absolute atomic E-state index is 13.0. The molecule has 0 aromatic heterocycles. The van der Waals surface area contributed by atoms with Crippen LogP contribution in [-0.4, -0.2) is 29.2 Å². The Hall–Kier alpha value is -0.900. The van der Waals surface area contributed by atoms with Gasteiger partial charge in [0.1, 0.15) is 5.82 Å². The Balaban J connectivity index is 2.60. The van der Waals surface area contributed by atoms with Gasteiger partial charge in [0, 0.05) is 18.4 Å². The third kappa shape index (κ3) is 5.17. The number of benzene rings is 1. The van der Waals surface area contributed by atoms with E-state index in [-0.39, 0.29) is 18.1 Å². The van der Waals surface area contributed by atoms with Crippen LogP contribution in [-0.2, 0) is 11.2 Å². The lowest BCUT2D eigenvalue weighted by Crippen LogP contribution is -2.34. The summed E-state index contributed by atoms with van der Waals surface area (Å²) in [7, 11) is 0. The van der Waals surface area contributed by atoms with E-state index >= 15 is 0 Å². The van der Waals surface area contributed by atoms with Gasteiger partial charge < -0.3 is 4.90 Å². The van der Waals surface area contributed by atoms with Gasteiger partial charge in [-0.15, -0.1) is 0 Å². The standard InChI is InChI=1S/C14H19BrFNO/c1-2-3-8-17(9-7-15)14(18)11-12-5-4-6-13(16)10-12/h4-6,10H,2-3,7-9,11H2,1H3. The van der Waals surface area contributed by atoms with Crippen LogP contribution in [0.1, 0.15) is 25.3 Å². The van der Waals surface area contributed by atoms with Crippen LogP contribution in [0.5, 0.6) is 0 Å². The highest BCUT2D eigenvalue weighted by molar-refractivity contribution is 9.09. The van der Waals surface area contributed by atoms with Crippen molar-refractivity contribution in [3.63, 3.8) is 0 Å². The Labute approximate surface area is 116 Å². The first-order chi connectivity index (χ1) is 8.67. The second-order valence-electron chi connectivity index (χ2n) is 4.23. The van der Waals surface area contributed by atoms with Crippen molar-refractivity contribution in [1.82, 2.24) is 4.90 Å². The van der Waals surface area contributed by atoms with Gasteiger partial charge in [-0.25, -0.2) is 4.39 Å². The van der Waals surface area contributed by atoms with E-state index in [4.69, 9.17) is 0 Å². The van der Waals surface area contributed by atoms with Crippen molar-refractivity contribution in [2.45, 2.75) is 26.2 Å². The minimum atomic E-state index is -0.291. The molecule has 1 rings (SSSR count). The number of rotatable bonds is 7. The lowest BCUT2D eigenvalue weighted by Gasteiger charge is -2.21. The van der Waals surface area contributed by atoms with Crippen LogP contribution in [0.4, 0.5) is 4.39 Å². The van der Waals surface area contributed by atoms with E-state index < -0.39 is 0 Å². The van der Waals surface area contributed by atoms with E-state index in [1.807, 2.05) is 4.90 Å². The van der Waals surface area contributed by atoms with Gasteiger partial charge >= 0.3 is 0 Å². The van der Waals surface area contributed by atoms with Crippen molar-refractivity contribution in [3.05, 3.63) is 35.6 Å². The van der Waals surface area contributed by atoms with Gasteiger partial charge in [0.25, 0.3) is 0 Å². The average molecular weight is 316 g/mol. The highest BCUT2D eigenvalue weighted by Crippen LogP contribution is 2.07. The van der Waals surface area contributed by atoms with Gasteiger partial charge in [-0.1, -0.05) is 41.4 Å². The summed E-state index contributed by atoms with van der Waals surface area (Å²) >= 11 is 3.35. The van der Waals surface area contributed by atoms with Gasteiger partial charge in [-0.2, -0.15) is 0 Å². The second kappa shape index (κ2) is 8.25. The molecule has 0 aliphatic heterocycles. The van der Waals surface area contributed by atoms with Crippen LogP contribution in [0.25, 0.3) is 0 Å². The lowest BCUT2D eigenvalue weighted by molar-refractivity contribution is -0.130. The van der Waals surface area contributed by atoms with Crippen LogP contribution in [0.3, 0.4) is 0 Å². The molecule has 1 aromatic carbocycles. The Morgan fingerprint density at radius 3 is 2.78 bits per heavy atom. The molecule has 1 amide bonds. The minimum Gasteiger partial charge on any atom is -0.342 e. The molecule has 1 aromatic rings. The molecule has 0 unspecified atom stereocenters. The van der Waals surface area contributed by atoms with E-state index in [1.165, 1.54) is 12.1 Å². The summed E-state index contributed by atoms with van der Waals surface area (Å²) in [4.78, 5) is 13.9. The zero-order chi connectivity index (χ0) is 13.4. The number of alkyl halides is 1. The van der Waals surface area contributed by atoms with E-state index in [0.717, 1.165) is 30.3 Å². The number of carbonyl (C=O) groups is 1. The molecule has 0 fully saturated rings. The first-order valence-corrected chi connectivity index (χ1v) is 7.37. The molecule has 0 bridgehead atoms. The largest absolute Gasteiger partial charge is 0.342 e. The van der Waals surface area contributed by atoms with Crippen molar-refractivity contribution in [2.24, 2.45) is 0 Å². The Morgan fingerprint density at radius 1 is 1.39 bits per heavy atom. The summed E-state index contributed by atoms with van der Waals surface area (Å²) in [5.41, 5.74) is 0.732. The maximum Gasteiger partial charge on any atom is 0.227 e. The maximum atomic E-state index is 13.0. The molecule has 100 valence electrons. The molecule has 0 heterocycles. The van der Waals surface area contributed by atoms with Gasteiger partial charge in [0.15, 0.2) is 0 Å². The molecule has 4 heteroatoms. The monoisotopic (exact) mass is 315 g/mol. The molecule has 0 atom stereocenters. The fourth-order valence-electron chi connectivity index (χ4n) is 1.75. The first-order valence-electron chi connectivity index (χ1n) is 6.25. The molecule has 0 aliphatic carbocycles. The van der Waals surface area contributed by atoms with E-state index in [0.29, 0.717) is 6.54 Å². The van der Waals surface area contributed by atoms with Crippen LogP contribution in [0.15, 0.2) is 24.3 Å². The molecule has 0 N–H and O–H groups in total. The fourth-order valence-corrected chi connectivity index (χ4v) is 2.17. The predicted octanol–water partition coefficient (Wildman–Crippen LogP) is 3.39. The minimum absolute atomic E-state index is 0.0634. The summed E-state index contributed by atoms with van der Waals surface area (Å²) in [5, 5.41) is 0.769. The third-order valence-electron chi connectivity index (χ3n) is 2.73. The Morgan fingerprint density at radius 2 is 2.17 bits per heavy atom. The number of halogens is 2. The number of unbranched alkanes of at least 4 members (excludes halogenated alkanes) is 1. The molecular formula is C14H19BrFNO. The van der Waals surface area contributed by atoms with Crippen molar-refractivity contribution >= 4 is 21.8 Å². The number of hydrogen-bond donors (Lipinski definition) is 0. The van der Waals surface area contributed by atoms with E-state index in [2.05, 4.69) is 22.9 Å². The van der Waals surface area contributed by atoms with E-state index in [9.17, 15) is 9.18 Å². The van der Waals surface area contributed by atoms with Crippen molar-refractivity contribution in [3.8, 4) is 0 Å². The van der Waals surface area contributed by atoms with Gasteiger partial charge in [-0.05, 0) is 24.1 Å². The van der Waals surface area contributed by atoms with Crippen LogP contribution < -0.4 is 0 Å². The van der Waals surface area contributed by atoms with Gasteiger partial charge in [0.2, 0.25) is 5.91 Å². The smallest absolute Gasteiger partial charge is 0.227 e. The Bertz CT molecular complexity index is 384. The van der Waals surface area contributed by atoms with Crippen molar-refractivity contribution in [1.29, 1.82) is 0 Å². The SMILES string of the molecule is CCCCN(CCBr)C(=O)Cc1cccc(F)c1. The quantitative estimate of drug-likeness (QED) is 0.706. The first kappa shape index (κ1) is 15.2. The lowest BCUT2D eigenvalue weighted by atomic mass is 10.1. The summed E-state index contributed by atoms with van der Waals surface area (Å²) in [6.07, 6.45) is 2.34. The second-order valence-corrected chi connectivity index (χ2v) is 5.02. The molecule has 0 saturated heterocycles. The summed E-state index contributed by atoms with van der Waals surface area (Å²) < 4.78 is 13.0. The predicted molar refractivity (Wildman–Crippen MR) is 75.4 cm³/mol. The number of amides is 1. The van der Waals surface area contributed by atoms with E-state index in [1.54, 1.807) is 12.1 Å². The summed E-state index contributed by atoms with van der Waals surface area (Å²) in [6.45, 7) is 3.58. The van der Waals surface area contributed by atoms with Gasteiger partial charge in [-0.3, -0.25) is 4.79 Å². The van der Waals surface area contributed by atoms with Crippen molar-refractivity contribution in [2.75, 3.05) is 18.4 Å². The number of hydrogen-bond acceptors (Lipinski definition) is 1. The molecule has 0 aliphatic rings. The normalized spacial score (nSPS) is 10.4. The highest BCUT2D eigenvalue weighted by atomic mass is 79.9. The van der Waals surface area contributed by atoms with Crippen LogP contribution >= 0.6 is 15.9 Å². The summed E-state index contributed by atoms with van der Waals surface area (Å²) in [6, 6.07) is 6.23. The molecule has 18 heavy (non-hydrogen) atoms. The number of nitrogens with zero attached hydrogens (tertiary/aromatic N) is 1. The topological polar surface area (TPSA) is 20.3 Å². The zero-order valence-electron chi connectivity index (χ0n) is 10.7. The zero-order valence-corrected chi connectivity index (χ0v) is 12.2. The fraction of sp³-hybridized carbons (Fsp3) is 0.500. The highest BCUT2D eigenvalue weighted by Gasteiger charge is 2.13. The molecule has 0 saturated carbocycles. The van der Waals surface area contributed by atoms with Gasteiger partial charge in [0.05, 0.1) is 6.42 Å². The van der Waals surface area contributed by atoms with Crippen LogP contribution in [0.2, 0.25) is 0 Å². The molecule has 2 nitrogen and oxygen atoms in total. The average Bonchev–Trinajstić information content (AvgIpc) is 2.34. The van der Waals surface area contributed by atoms with Crippen molar-refractivity contribution < 1.29 is 9.18 Å².